The van der Waals surface area contributed by atoms with Gasteiger partial charge in [-0.1, -0.05) is 0 Å². The van der Waals surface area contributed by atoms with Crippen molar-refractivity contribution in [2.75, 3.05) is 20.6 Å². The van der Waals surface area contributed by atoms with E-state index in [4.69, 9.17) is 5.26 Å². The van der Waals surface area contributed by atoms with Gasteiger partial charge in [0.05, 0.1) is 0 Å². The fourth-order valence-corrected chi connectivity index (χ4v) is 1.75. The molecule has 0 spiro atoms. The van der Waals surface area contributed by atoms with Crippen molar-refractivity contribution in [3.8, 4) is 6.07 Å². The lowest BCUT2D eigenvalue weighted by atomic mass is 10.2. The van der Waals surface area contributed by atoms with Gasteiger partial charge in [0.25, 0.3) is 0 Å². The maximum atomic E-state index is 8.83. The molecule has 1 aromatic heterocycles. The van der Waals surface area contributed by atoms with E-state index in [0.717, 1.165) is 18.7 Å². The second-order valence-electron chi connectivity index (χ2n) is 4.50. The van der Waals surface area contributed by atoms with E-state index in [1.54, 1.807) is 0 Å². The van der Waals surface area contributed by atoms with E-state index in [2.05, 4.69) is 37.3 Å². The zero-order valence-electron chi connectivity index (χ0n) is 10.5. The fourth-order valence-electron chi connectivity index (χ4n) is 1.75. The van der Waals surface area contributed by atoms with Crippen molar-refractivity contribution >= 4 is 0 Å². The molecule has 0 saturated heterocycles. The van der Waals surface area contributed by atoms with Gasteiger partial charge in [-0.25, -0.2) is 0 Å². The standard InChI is InChI=1S/C12H20N4/c1-10(8-15(2)3)14-7-11-5-12(6-13)16(4)9-11/h5,9-10,14H,7-8H2,1-4H3. The number of nitriles is 1. The van der Waals surface area contributed by atoms with Crippen LogP contribution in [0.4, 0.5) is 0 Å². The van der Waals surface area contributed by atoms with Crippen LogP contribution < -0.4 is 5.32 Å². The van der Waals surface area contributed by atoms with Crippen molar-refractivity contribution in [2.24, 2.45) is 7.05 Å². The highest BCUT2D eigenvalue weighted by Gasteiger charge is 2.05. The molecule has 88 valence electrons. The molecule has 1 heterocycles. The van der Waals surface area contributed by atoms with Crippen molar-refractivity contribution in [3.63, 3.8) is 0 Å². The second-order valence-corrected chi connectivity index (χ2v) is 4.50. The van der Waals surface area contributed by atoms with Crippen LogP contribution in [0.15, 0.2) is 12.3 Å². The molecule has 16 heavy (non-hydrogen) atoms. The molecule has 0 saturated carbocycles. The average Bonchev–Trinajstić information content (AvgIpc) is 2.55. The molecule has 1 atom stereocenters. The van der Waals surface area contributed by atoms with E-state index >= 15 is 0 Å². The molecule has 1 N–H and O–H groups in total. The summed E-state index contributed by atoms with van der Waals surface area (Å²) in [5.41, 5.74) is 1.86. The van der Waals surface area contributed by atoms with Crippen LogP contribution >= 0.6 is 0 Å². The smallest absolute Gasteiger partial charge is 0.120 e. The summed E-state index contributed by atoms with van der Waals surface area (Å²) in [6.45, 7) is 3.98. The van der Waals surface area contributed by atoms with Crippen LogP contribution in [0.2, 0.25) is 0 Å². The van der Waals surface area contributed by atoms with Crippen LogP contribution in [-0.4, -0.2) is 36.1 Å². The third-order valence-electron chi connectivity index (χ3n) is 2.47. The Bertz CT molecular complexity index is 373. The molecule has 0 radical (unpaired) electrons. The first-order valence-corrected chi connectivity index (χ1v) is 5.46. The van der Waals surface area contributed by atoms with E-state index in [-0.39, 0.29) is 0 Å². The molecule has 0 amide bonds. The first-order valence-electron chi connectivity index (χ1n) is 5.46. The summed E-state index contributed by atoms with van der Waals surface area (Å²) < 4.78 is 1.85. The van der Waals surface area contributed by atoms with Gasteiger partial charge in [-0.15, -0.1) is 0 Å². The minimum Gasteiger partial charge on any atom is -0.342 e. The van der Waals surface area contributed by atoms with Crippen molar-refractivity contribution in [1.29, 1.82) is 5.26 Å². The highest BCUT2D eigenvalue weighted by Crippen LogP contribution is 2.05. The lowest BCUT2D eigenvalue weighted by Gasteiger charge is -2.17. The molecule has 0 aliphatic carbocycles. The van der Waals surface area contributed by atoms with E-state index < -0.39 is 0 Å². The summed E-state index contributed by atoms with van der Waals surface area (Å²) in [5, 5.41) is 12.3. The lowest BCUT2D eigenvalue weighted by molar-refractivity contribution is 0.349. The first-order chi connectivity index (χ1) is 7.52. The molecule has 1 aromatic rings. The van der Waals surface area contributed by atoms with Gasteiger partial charge >= 0.3 is 0 Å². The molecule has 4 nitrogen and oxygen atoms in total. The Hall–Kier alpha value is -1.31. The number of rotatable bonds is 5. The molecule has 0 aromatic carbocycles. The SMILES string of the molecule is CC(CN(C)C)NCc1cc(C#N)n(C)c1. The molecule has 0 aliphatic rings. The summed E-state index contributed by atoms with van der Waals surface area (Å²) >= 11 is 0. The average molecular weight is 220 g/mol. The molecular formula is C12H20N4. The summed E-state index contributed by atoms with van der Waals surface area (Å²) in [6.07, 6.45) is 1.99. The van der Waals surface area contributed by atoms with E-state index in [0.29, 0.717) is 11.7 Å². The van der Waals surface area contributed by atoms with Gasteiger partial charge in [0.1, 0.15) is 11.8 Å². The topological polar surface area (TPSA) is 44.0 Å². The van der Waals surface area contributed by atoms with Crippen LogP contribution in [0, 0.1) is 11.3 Å². The Balaban J connectivity index is 2.46. The Labute approximate surface area is 97.5 Å². The minimum atomic E-state index is 0.445. The van der Waals surface area contributed by atoms with E-state index in [1.807, 2.05) is 23.9 Å². The van der Waals surface area contributed by atoms with Crippen molar-refractivity contribution < 1.29 is 0 Å². The molecular weight excluding hydrogens is 200 g/mol. The summed E-state index contributed by atoms with van der Waals surface area (Å²) in [5.74, 6) is 0. The number of hydrogen-bond donors (Lipinski definition) is 1. The zero-order chi connectivity index (χ0) is 12.1. The summed E-state index contributed by atoms with van der Waals surface area (Å²) in [4.78, 5) is 2.16. The largest absolute Gasteiger partial charge is 0.342 e. The summed E-state index contributed by atoms with van der Waals surface area (Å²) in [6, 6.07) is 4.53. The van der Waals surface area contributed by atoms with Crippen LogP contribution in [0.3, 0.4) is 0 Å². The monoisotopic (exact) mass is 220 g/mol. The molecule has 0 bridgehead atoms. The van der Waals surface area contributed by atoms with Gasteiger partial charge in [0.2, 0.25) is 0 Å². The second kappa shape index (κ2) is 5.69. The van der Waals surface area contributed by atoms with Gasteiger partial charge in [-0.05, 0) is 32.6 Å². The maximum absolute atomic E-state index is 8.83. The van der Waals surface area contributed by atoms with E-state index in [1.165, 1.54) is 0 Å². The molecule has 0 fully saturated rings. The third kappa shape index (κ3) is 3.69. The van der Waals surface area contributed by atoms with Crippen molar-refractivity contribution in [2.45, 2.75) is 19.5 Å². The van der Waals surface area contributed by atoms with Crippen LogP contribution in [0.25, 0.3) is 0 Å². The van der Waals surface area contributed by atoms with Crippen LogP contribution in [0.1, 0.15) is 18.2 Å². The molecule has 0 aliphatic heterocycles. The molecule has 1 unspecified atom stereocenters. The number of aromatic nitrogens is 1. The van der Waals surface area contributed by atoms with Gasteiger partial charge < -0.3 is 14.8 Å². The van der Waals surface area contributed by atoms with Gasteiger partial charge in [-0.2, -0.15) is 5.26 Å². The van der Waals surface area contributed by atoms with Crippen molar-refractivity contribution in [3.05, 3.63) is 23.5 Å². The van der Waals surface area contributed by atoms with Gasteiger partial charge in [-0.3, -0.25) is 0 Å². The Kier molecular flexibility index (Phi) is 4.53. The Morgan fingerprint density at radius 3 is 2.75 bits per heavy atom. The molecule has 1 rings (SSSR count). The van der Waals surface area contributed by atoms with Crippen LogP contribution in [-0.2, 0) is 13.6 Å². The van der Waals surface area contributed by atoms with Crippen LogP contribution in [0.5, 0.6) is 0 Å². The van der Waals surface area contributed by atoms with Crippen molar-refractivity contribution in [1.82, 2.24) is 14.8 Å². The minimum absolute atomic E-state index is 0.445. The normalized spacial score (nSPS) is 12.8. The Morgan fingerprint density at radius 2 is 2.25 bits per heavy atom. The highest BCUT2D eigenvalue weighted by molar-refractivity contribution is 5.28. The van der Waals surface area contributed by atoms with E-state index in [9.17, 15) is 0 Å². The zero-order valence-corrected chi connectivity index (χ0v) is 10.5. The molecule has 4 heteroatoms. The predicted octanol–water partition coefficient (Wildman–Crippen LogP) is 0.936. The number of aryl methyl sites for hydroxylation is 1. The number of hydrogen-bond acceptors (Lipinski definition) is 3. The summed E-state index contributed by atoms with van der Waals surface area (Å²) in [7, 11) is 6.02. The van der Waals surface area contributed by atoms with Gasteiger partial charge in [0.15, 0.2) is 0 Å². The fraction of sp³-hybridized carbons (Fsp3) is 0.583. The number of nitrogens with one attached hydrogen (secondary N) is 1. The first kappa shape index (κ1) is 12.8. The predicted molar refractivity (Wildman–Crippen MR) is 65.0 cm³/mol. The highest BCUT2D eigenvalue weighted by atomic mass is 15.1. The maximum Gasteiger partial charge on any atom is 0.120 e. The lowest BCUT2D eigenvalue weighted by Crippen LogP contribution is -2.35. The van der Waals surface area contributed by atoms with Gasteiger partial charge in [0, 0.05) is 32.4 Å². The number of nitrogens with zero attached hydrogens (tertiary/aromatic N) is 3. The third-order valence-corrected chi connectivity index (χ3v) is 2.47. The quantitative estimate of drug-likeness (QED) is 0.803. The Morgan fingerprint density at radius 1 is 1.56 bits per heavy atom. The number of likely N-dealkylation sites (N-methyl/N-ethyl adjacent to an activating group) is 1.